The van der Waals surface area contributed by atoms with Crippen molar-refractivity contribution in [1.82, 2.24) is 0 Å². The van der Waals surface area contributed by atoms with Gasteiger partial charge in [-0.15, -0.1) is 6.42 Å². The topological polar surface area (TPSA) is 33.0 Å². The monoisotopic (exact) mass is 225 g/mol. The lowest BCUT2D eigenvalue weighted by Gasteiger charge is -2.10. The summed E-state index contributed by atoms with van der Waals surface area (Å²) < 4.78 is 40.1. The molecule has 0 saturated carbocycles. The highest BCUT2D eigenvalue weighted by atomic mass is 19.4. The third-order valence-electron chi connectivity index (χ3n) is 1.66. The van der Waals surface area contributed by atoms with Crippen LogP contribution in [-0.4, -0.2) is 12.8 Å². The van der Waals surface area contributed by atoms with Crippen LogP contribution < -0.4 is 4.74 Å². The molecule has 0 aromatic heterocycles. The van der Waals surface area contributed by atoms with Crippen LogP contribution in [0.3, 0.4) is 0 Å². The second-order valence-electron chi connectivity index (χ2n) is 2.87. The first kappa shape index (κ1) is 11.9. The van der Waals surface area contributed by atoms with Crippen LogP contribution in [-0.2, 0) is 0 Å². The predicted octanol–water partition coefficient (Wildman–Crippen LogP) is 2.48. The highest BCUT2D eigenvalue weighted by Crippen LogP contribution is 2.22. The number of benzene rings is 1. The number of terminal acetylenes is 1. The SMILES string of the molecule is C#Cc1ccc(OCC(F)(F)F)c(C#N)c1. The summed E-state index contributed by atoms with van der Waals surface area (Å²) in [6, 6.07) is 5.67. The third-order valence-corrected chi connectivity index (χ3v) is 1.66. The Kier molecular flexibility index (Phi) is 3.42. The molecule has 0 saturated heterocycles. The van der Waals surface area contributed by atoms with Crippen LogP contribution in [0.25, 0.3) is 0 Å². The molecule has 1 rings (SSSR count). The molecular formula is C11H6F3NO. The van der Waals surface area contributed by atoms with E-state index in [1.165, 1.54) is 18.2 Å². The highest BCUT2D eigenvalue weighted by Gasteiger charge is 2.28. The van der Waals surface area contributed by atoms with Gasteiger partial charge < -0.3 is 4.74 Å². The zero-order valence-electron chi connectivity index (χ0n) is 8.01. The van der Waals surface area contributed by atoms with E-state index in [9.17, 15) is 13.2 Å². The van der Waals surface area contributed by atoms with Gasteiger partial charge in [0, 0.05) is 5.56 Å². The predicted molar refractivity (Wildman–Crippen MR) is 50.6 cm³/mol. The lowest BCUT2D eigenvalue weighted by Crippen LogP contribution is -2.19. The van der Waals surface area contributed by atoms with E-state index < -0.39 is 12.8 Å². The molecule has 0 heterocycles. The summed E-state index contributed by atoms with van der Waals surface area (Å²) in [5.74, 6) is 2.15. The summed E-state index contributed by atoms with van der Waals surface area (Å²) in [4.78, 5) is 0. The van der Waals surface area contributed by atoms with Gasteiger partial charge in [-0.25, -0.2) is 0 Å². The second kappa shape index (κ2) is 4.59. The van der Waals surface area contributed by atoms with Crippen molar-refractivity contribution in [3.05, 3.63) is 29.3 Å². The number of alkyl halides is 3. The van der Waals surface area contributed by atoms with Gasteiger partial charge in [0.05, 0.1) is 5.56 Å². The quantitative estimate of drug-likeness (QED) is 0.724. The second-order valence-corrected chi connectivity index (χ2v) is 2.87. The average Bonchev–Trinajstić information content (AvgIpc) is 2.25. The van der Waals surface area contributed by atoms with Gasteiger partial charge in [0.15, 0.2) is 6.61 Å². The van der Waals surface area contributed by atoms with Gasteiger partial charge in [-0.05, 0) is 18.2 Å². The highest BCUT2D eigenvalue weighted by molar-refractivity contribution is 5.49. The number of nitrogens with zero attached hydrogens (tertiary/aromatic N) is 1. The Morgan fingerprint density at radius 2 is 2.06 bits per heavy atom. The molecule has 0 aliphatic carbocycles. The summed E-state index contributed by atoms with van der Waals surface area (Å²) in [7, 11) is 0. The van der Waals surface area contributed by atoms with Gasteiger partial charge in [0.2, 0.25) is 0 Å². The Morgan fingerprint density at radius 3 is 2.56 bits per heavy atom. The van der Waals surface area contributed by atoms with E-state index in [1.54, 1.807) is 6.07 Å². The molecule has 0 radical (unpaired) electrons. The number of halogens is 3. The van der Waals surface area contributed by atoms with E-state index in [1.807, 2.05) is 0 Å². The molecule has 0 fully saturated rings. The molecule has 1 aromatic carbocycles. The number of rotatable bonds is 2. The van der Waals surface area contributed by atoms with E-state index in [2.05, 4.69) is 10.7 Å². The van der Waals surface area contributed by atoms with Gasteiger partial charge in [-0.1, -0.05) is 5.92 Å². The summed E-state index contributed by atoms with van der Waals surface area (Å²) in [6.07, 6.45) is 0.653. The Hall–Kier alpha value is -2.14. The van der Waals surface area contributed by atoms with Gasteiger partial charge in [-0.3, -0.25) is 0 Å². The number of ether oxygens (including phenoxy) is 1. The van der Waals surface area contributed by atoms with Crippen LogP contribution in [0, 0.1) is 23.7 Å². The number of nitriles is 1. The van der Waals surface area contributed by atoms with E-state index in [0.29, 0.717) is 5.56 Å². The normalized spacial score (nSPS) is 10.3. The first-order valence-corrected chi connectivity index (χ1v) is 4.16. The van der Waals surface area contributed by atoms with Crippen molar-refractivity contribution in [2.75, 3.05) is 6.61 Å². The zero-order chi connectivity index (χ0) is 12.2. The summed E-state index contributed by atoms with van der Waals surface area (Å²) in [6.45, 7) is -1.43. The van der Waals surface area contributed by atoms with Crippen LogP contribution in [0.1, 0.15) is 11.1 Å². The fourth-order valence-electron chi connectivity index (χ4n) is 0.993. The molecule has 0 aliphatic heterocycles. The third kappa shape index (κ3) is 3.21. The van der Waals surface area contributed by atoms with Gasteiger partial charge in [-0.2, -0.15) is 18.4 Å². The zero-order valence-corrected chi connectivity index (χ0v) is 8.01. The standard InChI is InChI=1S/C11H6F3NO/c1-2-8-3-4-10(9(5-8)6-15)16-7-11(12,13)14/h1,3-5H,7H2. The lowest BCUT2D eigenvalue weighted by atomic mass is 10.1. The molecular weight excluding hydrogens is 219 g/mol. The summed E-state index contributed by atoms with van der Waals surface area (Å²) >= 11 is 0. The minimum atomic E-state index is -4.43. The molecule has 0 spiro atoms. The Balaban J connectivity index is 2.90. The molecule has 0 bridgehead atoms. The maximum absolute atomic E-state index is 11.9. The van der Waals surface area contributed by atoms with Crippen LogP contribution in [0.15, 0.2) is 18.2 Å². The largest absolute Gasteiger partial charge is 0.483 e. The summed E-state index contributed by atoms with van der Waals surface area (Å²) in [5, 5.41) is 8.69. The van der Waals surface area contributed by atoms with Crippen molar-refractivity contribution in [2.24, 2.45) is 0 Å². The molecule has 2 nitrogen and oxygen atoms in total. The minimum absolute atomic E-state index is 0.0142. The maximum atomic E-state index is 11.9. The van der Waals surface area contributed by atoms with Crippen molar-refractivity contribution >= 4 is 0 Å². The van der Waals surface area contributed by atoms with Crippen molar-refractivity contribution in [1.29, 1.82) is 5.26 Å². The molecule has 16 heavy (non-hydrogen) atoms. The van der Waals surface area contributed by atoms with Gasteiger partial charge in [0.1, 0.15) is 11.8 Å². The van der Waals surface area contributed by atoms with E-state index in [0.717, 1.165) is 0 Å². The molecule has 1 aromatic rings. The molecule has 0 N–H and O–H groups in total. The van der Waals surface area contributed by atoms with Crippen molar-refractivity contribution in [3.63, 3.8) is 0 Å². The Bertz CT molecular complexity index is 466. The van der Waals surface area contributed by atoms with Crippen molar-refractivity contribution in [3.8, 4) is 24.2 Å². The Morgan fingerprint density at radius 1 is 1.38 bits per heavy atom. The van der Waals surface area contributed by atoms with Crippen LogP contribution >= 0.6 is 0 Å². The van der Waals surface area contributed by atoms with Crippen LogP contribution in [0.2, 0.25) is 0 Å². The average molecular weight is 225 g/mol. The van der Waals surface area contributed by atoms with E-state index in [4.69, 9.17) is 11.7 Å². The molecule has 0 amide bonds. The minimum Gasteiger partial charge on any atom is -0.483 e. The lowest BCUT2D eigenvalue weighted by molar-refractivity contribution is -0.153. The van der Waals surface area contributed by atoms with Gasteiger partial charge in [0.25, 0.3) is 0 Å². The molecule has 5 heteroatoms. The van der Waals surface area contributed by atoms with Gasteiger partial charge >= 0.3 is 6.18 Å². The molecule has 0 unspecified atom stereocenters. The summed E-state index contributed by atoms with van der Waals surface area (Å²) in [5.41, 5.74) is 0.399. The van der Waals surface area contributed by atoms with Crippen LogP contribution in [0.4, 0.5) is 13.2 Å². The first-order valence-electron chi connectivity index (χ1n) is 4.16. The van der Waals surface area contributed by atoms with Crippen molar-refractivity contribution in [2.45, 2.75) is 6.18 Å². The van der Waals surface area contributed by atoms with E-state index in [-0.39, 0.29) is 11.3 Å². The Labute approximate surface area is 90.3 Å². The number of hydrogen-bond acceptors (Lipinski definition) is 2. The molecule has 0 aliphatic rings. The van der Waals surface area contributed by atoms with Crippen molar-refractivity contribution < 1.29 is 17.9 Å². The number of hydrogen-bond donors (Lipinski definition) is 0. The smallest absolute Gasteiger partial charge is 0.422 e. The fraction of sp³-hybridized carbons (Fsp3) is 0.182. The first-order chi connectivity index (χ1) is 7.46. The molecule has 0 atom stereocenters. The fourth-order valence-corrected chi connectivity index (χ4v) is 0.993. The van der Waals surface area contributed by atoms with E-state index >= 15 is 0 Å². The maximum Gasteiger partial charge on any atom is 0.422 e. The van der Waals surface area contributed by atoms with Crippen LogP contribution in [0.5, 0.6) is 5.75 Å². The molecule has 82 valence electrons.